The van der Waals surface area contributed by atoms with Crippen LogP contribution in [-0.2, 0) is 4.79 Å². The van der Waals surface area contributed by atoms with Gasteiger partial charge in [-0.05, 0) is 31.0 Å². The van der Waals surface area contributed by atoms with Crippen LogP contribution in [-0.4, -0.2) is 41.6 Å². The summed E-state index contributed by atoms with van der Waals surface area (Å²) in [4.78, 5) is 16.0. The summed E-state index contributed by atoms with van der Waals surface area (Å²) < 4.78 is 0. The van der Waals surface area contributed by atoms with E-state index in [1.54, 1.807) is 6.92 Å². The third kappa shape index (κ3) is 2.38. The van der Waals surface area contributed by atoms with Crippen molar-refractivity contribution in [3.63, 3.8) is 0 Å². The number of aliphatic hydroxyl groups is 1. The molecule has 4 nitrogen and oxygen atoms in total. The summed E-state index contributed by atoms with van der Waals surface area (Å²) in [6.45, 7) is 4.21. The van der Waals surface area contributed by atoms with Crippen LogP contribution in [0.1, 0.15) is 31.4 Å². The van der Waals surface area contributed by atoms with Crippen LogP contribution in [0.3, 0.4) is 0 Å². The van der Waals surface area contributed by atoms with Crippen LogP contribution in [0.2, 0.25) is 5.02 Å². The van der Waals surface area contributed by atoms with E-state index in [1.807, 2.05) is 23.1 Å². The first kappa shape index (κ1) is 13.7. The zero-order chi connectivity index (χ0) is 14.3. The molecule has 2 unspecified atom stereocenters. The van der Waals surface area contributed by atoms with Crippen LogP contribution in [0, 0.1) is 0 Å². The molecule has 2 fully saturated rings. The Kier molecular flexibility index (Phi) is 3.61. The van der Waals surface area contributed by atoms with Gasteiger partial charge in [-0.3, -0.25) is 4.79 Å². The standard InChI is InChI=1S/C15H19ClN2O2/c1-10(19)13-4-2-11(8-14(13)16)17-6-7-18-12(9-17)3-5-15(18)20/h2,4,8,10,12,19H,3,5-7,9H2,1H3. The zero-order valence-corrected chi connectivity index (χ0v) is 12.3. The van der Waals surface area contributed by atoms with Crippen molar-refractivity contribution >= 4 is 23.2 Å². The fraction of sp³-hybridized carbons (Fsp3) is 0.533. The SMILES string of the molecule is CC(O)c1ccc(N2CCN3C(=O)CCC3C2)cc1Cl. The molecule has 0 radical (unpaired) electrons. The van der Waals surface area contributed by atoms with E-state index in [4.69, 9.17) is 11.6 Å². The molecule has 2 atom stereocenters. The normalized spacial score (nSPS) is 23.9. The maximum Gasteiger partial charge on any atom is 0.223 e. The Labute approximate surface area is 123 Å². The fourth-order valence-corrected chi connectivity index (χ4v) is 3.48. The van der Waals surface area contributed by atoms with Gasteiger partial charge in [0.2, 0.25) is 5.91 Å². The second-order valence-electron chi connectivity index (χ2n) is 5.61. The summed E-state index contributed by atoms with van der Waals surface area (Å²) in [5, 5.41) is 10.2. The third-order valence-electron chi connectivity index (χ3n) is 4.29. The van der Waals surface area contributed by atoms with E-state index in [9.17, 15) is 9.90 Å². The number of carbonyl (C=O) groups excluding carboxylic acids is 1. The third-order valence-corrected chi connectivity index (χ3v) is 4.62. The number of piperazine rings is 1. The van der Waals surface area contributed by atoms with Crippen LogP contribution in [0.15, 0.2) is 18.2 Å². The molecule has 3 rings (SSSR count). The molecule has 108 valence electrons. The molecule has 1 N–H and O–H groups in total. The van der Waals surface area contributed by atoms with Crippen LogP contribution in [0.4, 0.5) is 5.69 Å². The first-order valence-corrected chi connectivity index (χ1v) is 7.46. The summed E-state index contributed by atoms with van der Waals surface area (Å²) in [5.74, 6) is 0.289. The molecule has 0 spiro atoms. The Morgan fingerprint density at radius 3 is 2.90 bits per heavy atom. The average Bonchev–Trinajstić information content (AvgIpc) is 2.79. The maximum absolute atomic E-state index is 11.7. The van der Waals surface area contributed by atoms with E-state index in [0.29, 0.717) is 17.5 Å². The van der Waals surface area contributed by atoms with Crippen LogP contribution < -0.4 is 4.90 Å². The summed E-state index contributed by atoms with van der Waals surface area (Å²) in [6.07, 6.45) is 1.08. The average molecular weight is 295 g/mol. The zero-order valence-electron chi connectivity index (χ0n) is 11.6. The Morgan fingerprint density at radius 1 is 1.40 bits per heavy atom. The van der Waals surface area contributed by atoms with Crippen molar-refractivity contribution in [2.75, 3.05) is 24.5 Å². The van der Waals surface area contributed by atoms with Crippen molar-refractivity contribution in [2.45, 2.75) is 31.9 Å². The highest BCUT2D eigenvalue weighted by Gasteiger charge is 2.35. The van der Waals surface area contributed by atoms with Crippen LogP contribution in [0.5, 0.6) is 0 Å². The van der Waals surface area contributed by atoms with E-state index in [-0.39, 0.29) is 5.91 Å². The topological polar surface area (TPSA) is 43.8 Å². The maximum atomic E-state index is 11.7. The van der Waals surface area contributed by atoms with Crippen molar-refractivity contribution in [1.29, 1.82) is 0 Å². The number of hydrogen-bond donors (Lipinski definition) is 1. The lowest BCUT2D eigenvalue weighted by atomic mass is 10.1. The quantitative estimate of drug-likeness (QED) is 0.909. The smallest absolute Gasteiger partial charge is 0.223 e. The van der Waals surface area contributed by atoms with Gasteiger partial charge in [0.05, 0.1) is 6.10 Å². The van der Waals surface area contributed by atoms with E-state index in [0.717, 1.165) is 37.3 Å². The monoisotopic (exact) mass is 294 g/mol. The molecule has 1 aromatic carbocycles. The molecule has 20 heavy (non-hydrogen) atoms. The number of nitrogens with zero attached hydrogens (tertiary/aromatic N) is 2. The lowest BCUT2D eigenvalue weighted by Crippen LogP contribution is -2.51. The molecule has 2 saturated heterocycles. The van der Waals surface area contributed by atoms with Gasteiger partial charge in [-0.25, -0.2) is 0 Å². The van der Waals surface area contributed by atoms with Gasteiger partial charge < -0.3 is 14.9 Å². The molecule has 2 aliphatic rings. The number of benzene rings is 1. The lowest BCUT2D eigenvalue weighted by molar-refractivity contribution is -0.129. The van der Waals surface area contributed by atoms with Gasteiger partial charge in [-0.15, -0.1) is 0 Å². The highest BCUT2D eigenvalue weighted by molar-refractivity contribution is 6.31. The predicted molar refractivity (Wildman–Crippen MR) is 79.0 cm³/mol. The molecule has 0 bridgehead atoms. The van der Waals surface area contributed by atoms with Gasteiger partial charge in [-0.1, -0.05) is 17.7 Å². The van der Waals surface area contributed by atoms with Crippen molar-refractivity contribution in [2.24, 2.45) is 0 Å². The minimum atomic E-state index is -0.555. The van der Waals surface area contributed by atoms with E-state index < -0.39 is 6.10 Å². The number of aliphatic hydroxyl groups excluding tert-OH is 1. The highest BCUT2D eigenvalue weighted by atomic mass is 35.5. The van der Waals surface area contributed by atoms with Crippen molar-refractivity contribution in [1.82, 2.24) is 4.90 Å². The number of halogens is 1. The van der Waals surface area contributed by atoms with Crippen molar-refractivity contribution in [3.05, 3.63) is 28.8 Å². The summed E-state index contributed by atoms with van der Waals surface area (Å²) >= 11 is 6.23. The number of fused-ring (bicyclic) bond motifs is 1. The minimum Gasteiger partial charge on any atom is -0.389 e. The van der Waals surface area contributed by atoms with E-state index >= 15 is 0 Å². The molecular weight excluding hydrogens is 276 g/mol. The first-order chi connectivity index (χ1) is 9.56. The first-order valence-electron chi connectivity index (χ1n) is 7.08. The lowest BCUT2D eigenvalue weighted by Gasteiger charge is -2.39. The van der Waals surface area contributed by atoms with Crippen molar-refractivity contribution < 1.29 is 9.90 Å². The number of rotatable bonds is 2. The Hall–Kier alpha value is -1.26. The molecule has 1 amide bonds. The number of carbonyl (C=O) groups is 1. The molecule has 2 heterocycles. The molecule has 1 aromatic rings. The highest BCUT2D eigenvalue weighted by Crippen LogP contribution is 2.31. The summed E-state index contributed by atoms with van der Waals surface area (Å²) in [5.41, 5.74) is 1.82. The van der Waals surface area contributed by atoms with Gasteiger partial charge in [-0.2, -0.15) is 0 Å². The number of hydrogen-bond acceptors (Lipinski definition) is 3. The van der Waals surface area contributed by atoms with Gasteiger partial charge in [0.1, 0.15) is 0 Å². The predicted octanol–water partition coefficient (Wildman–Crippen LogP) is 2.20. The number of anilines is 1. The van der Waals surface area contributed by atoms with Gasteiger partial charge >= 0.3 is 0 Å². The molecular formula is C15H19ClN2O2. The van der Waals surface area contributed by atoms with Crippen molar-refractivity contribution in [3.8, 4) is 0 Å². The Morgan fingerprint density at radius 2 is 2.20 bits per heavy atom. The van der Waals surface area contributed by atoms with Gasteiger partial charge in [0.15, 0.2) is 0 Å². The van der Waals surface area contributed by atoms with Crippen LogP contribution in [0.25, 0.3) is 0 Å². The molecule has 5 heteroatoms. The molecule has 0 aromatic heterocycles. The fourth-order valence-electron chi connectivity index (χ4n) is 3.15. The number of amides is 1. The Balaban J connectivity index is 1.77. The minimum absolute atomic E-state index is 0.289. The summed E-state index contributed by atoms with van der Waals surface area (Å²) in [6, 6.07) is 6.14. The Bertz CT molecular complexity index is 533. The van der Waals surface area contributed by atoms with E-state index in [1.165, 1.54) is 0 Å². The largest absolute Gasteiger partial charge is 0.389 e. The van der Waals surface area contributed by atoms with Crippen LogP contribution >= 0.6 is 11.6 Å². The van der Waals surface area contributed by atoms with Gasteiger partial charge in [0, 0.05) is 42.8 Å². The van der Waals surface area contributed by atoms with E-state index in [2.05, 4.69) is 4.90 Å². The molecule has 0 aliphatic carbocycles. The molecule has 2 aliphatic heterocycles. The second-order valence-corrected chi connectivity index (χ2v) is 6.01. The van der Waals surface area contributed by atoms with Gasteiger partial charge in [0.25, 0.3) is 0 Å². The molecule has 0 saturated carbocycles. The second kappa shape index (κ2) is 5.26. The summed E-state index contributed by atoms with van der Waals surface area (Å²) in [7, 11) is 0.